The van der Waals surface area contributed by atoms with E-state index in [0.29, 0.717) is 16.4 Å². The molecule has 0 saturated carbocycles. The summed E-state index contributed by atoms with van der Waals surface area (Å²) in [6.45, 7) is 6.85. The number of hydrogen-bond donors (Lipinski definition) is 3. The Morgan fingerprint density at radius 3 is 2.33 bits per heavy atom. The van der Waals surface area contributed by atoms with E-state index < -0.39 is 17.7 Å². The summed E-state index contributed by atoms with van der Waals surface area (Å²) in [7, 11) is 0. The molecule has 7 heteroatoms. The van der Waals surface area contributed by atoms with Gasteiger partial charge in [-0.3, -0.25) is 4.79 Å². The van der Waals surface area contributed by atoms with Crippen LogP contribution in [-0.4, -0.2) is 23.6 Å². The topological polar surface area (TPSA) is 79.5 Å². The molecule has 144 valence electrons. The van der Waals surface area contributed by atoms with Gasteiger partial charge in [0.1, 0.15) is 11.6 Å². The van der Waals surface area contributed by atoms with Gasteiger partial charge in [0.05, 0.1) is 11.4 Å². The van der Waals surface area contributed by atoms with E-state index in [9.17, 15) is 9.59 Å². The molecule has 0 aliphatic heterocycles. The van der Waals surface area contributed by atoms with Gasteiger partial charge >= 0.3 is 6.09 Å². The van der Waals surface area contributed by atoms with Crippen molar-refractivity contribution in [3.05, 3.63) is 53.6 Å². The van der Waals surface area contributed by atoms with Crippen LogP contribution >= 0.6 is 11.6 Å². The number of halogens is 1. The number of carbonyl (C=O) groups is 2. The number of amides is 2. The highest BCUT2D eigenvalue weighted by Gasteiger charge is 2.21. The van der Waals surface area contributed by atoms with E-state index in [1.54, 1.807) is 45.9 Å². The molecule has 0 spiro atoms. The summed E-state index contributed by atoms with van der Waals surface area (Å²) in [4.78, 5) is 24.3. The molecule has 2 aromatic rings. The van der Waals surface area contributed by atoms with Gasteiger partial charge in [0, 0.05) is 10.7 Å². The van der Waals surface area contributed by atoms with Crippen molar-refractivity contribution in [2.24, 2.45) is 0 Å². The van der Waals surface area contributed by atoms with Gasteiger partial charge in [-0.05, 0) is 58.0 Å². The predicted molar refractivity (Wildman–Crippen MR) is 109 cm³/mol. The van der Waals surface area contributed by atoms with E-state index in [1.165, 1.54) is 0 Å². The Kier molecular flexibility index (Phi) is 6.69. The minimum atomic E-state index is -0.778. The van der Waals surface area contributed by atoms with Gasteiger partial charge in [-0.1, -0.05) is 29.8 Å². The molecule has 6 nitrogen and oxygen atoms in total. The first-order valence-electron chi connectivity index (χ1n) is 8.56. The number of alkyl carbamates (subject to hydrolysis) is 1. The van der Waals surface area contributed by atoms with Gasteiger partial charge < -0.3 is 20.7 Å². The number of rotatable bonds is 5. The Bertz CT molecular complexity index is 804. The zero-order valence-corrected chi connectivity index (χ0v) is 16.6. The molecule has 27 heavy (non-hydrogen) atoms. The normalized spacial score (nSPS) is 12.0. The first-order chi connectivity index (χ1) is 12.6. The highest BCUT2D eigenvalue weighted by Crippen LogP contribution is 2.29. The third-order valence-electron chi connectivity index (χ3n) is 3.42. The van der Waals surface area contributed by atoms with Gasteiger partial charge in [-0.2, -0.15) is 0 Å². The Morgan fingerprint density at radius 2 is 1.70 bits per heavy atom. The second-order valence-corrected chi connectivity index (χ2v) is 7.47. The number of para-hydroxylation sites is 1. The number of anilines is 3. The zero-order chi connectivity index (χ0) is 20.0. The van der Waals surface area contributed by atoms with Crippen LogP contribution in [0.3, 0.4) is 0 Å². The SMILES string of the molecule is CC(NC(=O)OC(C)(C)C)C(=O)Nc1ccc(Cl)cc1Nc1ccccc1. The van der Waals surface area contributed by atoms with Crippen LogP contribution in [0.25, 0.3) is 0 Å². The first-order valence-corrected chi connectivity index (χ1v) is 8.94. The minimum Gasteiger partial charge on any atom is -0.444 e. The zero-order valence-electron chi connectivity index (χ0n) is 15.8. The van der Waals surface area contributed by atoms with Crippen LogP contribution in [0, 0.1) is 0 Å². The Balaban J connectivity index is 2.07. The maximum atomic E-state index is 12.5. The van der Waals surface area contributed by atoms with Crippen LogP contribution in [0.5, 0.6) is 0 Å². The molecule has 1 unspecified atom stereocenters. The summed E-state index contributed by atoms with van der Waals surface area (Å²) in [6, 6.07) is 13.8. The van der Waals surface area contributed by atoms with Gasteiger partial charge in [0.25, 0.3) is 0 Å². The standard InChI is InChI=1S/C20H24ClN3O3/c1-13(22-19(26)27-20(2,3)4)18(25)24-16-11-10-14(21)12-17(16)23-15-8-6-5-7-9-15/h5-13,23H,1-4H3,(H,22,26)(H,24,25). The fraction of sp³-hybridized carbons (Fsp3) is 0.300. The number of nitrogens with one attached hydrogen (secondary N) is 3. The van der Waals surface area contributed by atoms with Crippen molar-refractivity contribution >= 4 is 40.7 Å². The van der Waals surface area contributed by atoms with Crippen LogP contribution in [-0.2, 0) is 9.53 Å². The maximum Gasteiger partial charge on any atom is 0.408 e. The molecule has 0 heterocycles. The Morgan fingerprint density at radius 1 is 1.04 bits per heavy atom. The molecule has 0 bridgehead atoms. The van der Waals surface area contributed by atoms with E-state index in [0.717, 1.165) is 5.69 Å². The number of ether oxygens (including phenoxy) is 1. The molecule has 0 aliphatic rings. The maximum absolute atomic E-state index is 12.5. The van der Waals surface area contributed by atoms with Crippen LogP contribution in [0.4, 0.5) is 21.9 Å². The molecule has 1 atom stereocenters. The third kappa shape index (κ3) is 6.83. The second kappa shape index (κ2) is 8.77. The van der Waals surface area contributed by atoms with Crippen molar-refractivity contribution in [1.82, 2.24) is 5.32 Å². The monoisotopic (exact) mass is 389 g/mol. The first kappa shape index (κ1) is 20.6. The van der Waals surface area contributed by atoms with E-state index in [-0.39, 0.29) is 5.91 Å². The lowest BCUT2D eigenvalue weighted by Gasteiger charge is -2.22. The number of hydrogen-bond acceptors (Lipinski definition) is 4. The second-order valence-electron chi connectivity index (χ2n) is 7.04. The lowest BCUT2D eigenvalue weighted by atomic mass is 10.2. The largest absolute Gasteiger partial charge is 0.444 e. The van der Waals surface area contributed by atoms with Crippen molar-refractivity contribution < 1.29 is 14.3 Å². The third-order valence-corrected chi connectivity index (χ3v) is 3.65. The molecular formula is C20H24ClN3O3. The average molecular weight is 390 g/mol. The molecule has 0 saturated heterocycles. The molecule has 3 N–H and O–H groups in total. The number of benzene rings is 2. The summed E-state index contributed by atoms with van der Waals surface area (Å²) in [5, 5.41) is 9.06. The highest BCUT2D eigenvalue weighted by atomic mass is 35.5. The van der Waals surface area contributed by atoms with Crippen molar-refractivity contribution in [2.75, 3.05) is 10.6 Å². The van der Waals surface area contributed by atoms with Crippen molar-refractivity contribution in [2.45, 2.75) is 39.3 Å². The molecule has 2 rings (SSSR count). The van der Waals surface area contributed by atoms with E-state index in [4.69, 9.17) is 16.3 Å². The van der Waals surface area contributed by atoms with Crippen LogP contribution in [0.1, 0.15) is 27.7 Å². The predicted octanol–water partition coefficient (Wildman–Crippen LogP) is 4.94. The smallest absolute Gasteiger partial charge is 0.408 e. The van der Waals surface area contributed by atoms with Crippen molar-refractivity contribution in [3.8, 4) is 0 Å². The Hall–Kier alpha value is -2.73. The van der Waals surface area contributed by atoms with Gasteiger partial charge in [-0.15, -0.1) is 0 Å². The van der Waals surface area contributed by atoms with Crippen LogP contribution in [0.15, 0.2) is 48.5 Å². The summed E-state index contributed by atoms with van der Waals surface area (Å²) in [5.41, 5.74) is 1.41. The van der Waals surface area contributed by atoms with E-state index in [1.807, 2.05) is 30.3 Å². The van der Waals surface area contributed by atoms with Crippen molar-refractivity contribution in [3.63, 3.8) is 0 Å². The summed E-state index contributed by atoms with van der Waals surface area (Å²) < 4.78 is 5.17. The summed E-state index contributed by atoms with van der Waals surface area (Å²) in [6.07, 6.45) is -0.649. The minimum absolute atomic E-state index is 0.376. The van der Waals surface area contributed by atoms with Gasteiger partial charge in [0.2, 0.25) is 5.91 Å². The molecule has 0 aromatic heterocycles. The van der Waals surface area contributed by atoms with E-state index >= 15 is 0 Å². The summed E-state index contributed by atoms with van der Waals surface area (Å²) >= 11 is 6.09. The van der Waals surface area contributed by atoms with E-state index in [2.05, 4.69) is 16.0 Å². The van der Waals surface area contributed by atoms with Crippen molar-refractivity contribution in [1.29, 1.82) is 0 Å². The molecule has 2 aromatic carbocycles. The quantitative estimate of drug-likeness (QED) is 0.677. The molecule has 0 aliphatic carbocycles. The lowest BCUT2D eigenvalue weighted by molar-refractivity contribution is -0.117. The number of carbonyl (C=O) groups excluding carboxylic acids is 2. The lowest BCUT2D eigenvalue weighted by Crippen LogP contribution is -2.44. The molecule has 0 radical (unpaired) electrons. The van der Waals surface area contributed by atoms with Gasteiger partial charge in [0.15, 0.2) is 0 Å². The van der Waals surface area contributed by atoms with Crippen LogP contribution in [0.2, 0.25) is 5.02 Å². The fourth-order valence-electron chi connectivity index (χ4n) is 2.20. The molecule has 0 fully saturated rings. The molecule has 2 amide bonds. The molecular weight excluding hydrogens is 366 g/mol. The Labute approximate surface area is 164 Å². The fourth-order valence-corrected chi connectivity index (χ4v) is 2.37. The summed E-state index contributed by atoms with van der Waals surface area (Å²) in [5.74, 6) is -0.376. The van der Waals surface area contributed by atoms with Gasteiger partial charge in [-0.25, -0.2) is 4.79 Å². The highest BCUT2D eigenvalue weighted by molar-refractivity contribution is 6.31. The average Bonchev–Trinajstić information content (AvgIpc) is 2.56. The van der Waals surface area contributed by atoms with Crippen LogP contribution < -0.4 is 16.0 Å².